The Kier molecular flexibility index (Phi) is 6.43. The summed E-state index contributed by atoms with van der Waals surface area (Å²) in [7, 11) is 0. The van der Waals surface area contributed by atoms with Crippen molar-refractivity contribution in [3.63, 3.8) is 0 Å². The van der Waals surface area contributed by atoms with Crippen LogP contribution in [0.5, 0.6) is 0 Å². The maximum Gasteiger partial charge on any atom is 0.357 e. The molecule has 3 rings (SSSR count). The minimum absolute atomic E-state index is 0.141. The number of carbonyl (C=O) groups is 2. The monoisotopic (exact) mass is 403 g/mol. The van der Waals surface area contributed by atoms with Gasteiger partial charge in [-0.15, -0.1) is 16.4 Å². The molecule has 0 spiro atoms. The SMILES string of the molecule is CCOC(=O)c1csc(CCNC(=O)c2cn(Cc3ccccc3F)nn2)n1. The molecule has 0 saturated heterocycles. The minimum Gasteiger partial charge on any atom is -0.461 e. The molecule has 0 aliphatic rings. The van der Waals surface area contributed by atoms with Crippen LogP contribution in [0.25, 0.3) is 0 Å². The Hall–Kier alpha value is -3.14. The number of amides is 1. The van der Waals surface area contributed by atoms with Crippen LogP contribution in [-0.4, -0.2) is 45.0 Å². The molecule has 2 heterocycles. The number of nitrogens with one attached hydrogen (secondary N) is 1. The van der Waals surface area contributed by atoms with Gasteiger partial charge in [0.2, 0.25) is 0 Å². The van der Waals surface area contributed by atoms with Gasteiger partial charge in [0, 0.05) is 23.9 Å². The molecule has 0 fully saturated rings. The first-order valence-electron chi connectivity index (χ1n) is 8.60. The number of aromatic nitrogens is 4. The number of carbonyl (C=O) groups excluding carboxylic acids is 2. The molecule has 2 aromatic heterocycles. The topological polar surface area (TPSA) is 99.0 Å². The highest BCUT2D eigenvalue weighted by Gasteiger charge is 2.14. The standard InChI is InChI=1S/C18H18FN5O3S/c1-2-27-18(26)15-11-28-16(21-15)7-8-20-17(25)14-10-24(23-22-14)9-12-5-3-4-6-13(12)19/h3-6,10-11H,2,7-9H2,1H3,(H,20,25). The third-order valence-corrected chi connectivity index (χ3v) is 4.63. The van der Waals surface area contributed by atoms with E-state index in [0.717, 1.165) is 0 Å². The van der Waals surface area contributed by atoms with Gasteiger partial charge in [-0.05, 0) is 13.0 Å². The van der Waals surface area contributed by atoms with Crippen LogP contribution >= 0.6 is 11.3 Å². The lowest BCUT2D eigenvalue weighted by Crippen LogP contribution is -2.26. The van der Waals surface area contributed by atoms with Gasteiger partial charge in [-0.25, -0.2) is 18.9 Å². The highest BCUT2D eigenvalue weighted by molar-refractivity contribution is 7.09. The summed E-state index contributed by atoms with van der Waals surface area (Å²) in [5, 5.41) is 12.7. The molecule has 0 bridgehead atoms. The first-order valence-corrected chi connectivity index (χ1v) is 9.48. The summed E-state index contributed by atoms with van der Waals surface area (Å²) < 4.78 is 20.0. The first kappa shape index (κ1) is 19.6. The largest absolute Gasteiger partial charge is 0.461 e. The average Bonchev–Trinajstić information content (AvgIpc) is 3.33. The predicted molar refractivity (Wildman–Crippen MR) is 99.6 cm³/mol. The van der Waals surface area contributed by atoms with E-state index in [9.17, 15) is 14.0 Å². The fourth-order valence-corrected chi connectivity index (χ4v) is 3.15. The Morgan fingerprint density at radius 1 is 1.29 bits per heavy atom. The number of nitrogens with zero attached hydrogens (tertiary/aromatic N) is 4. The van der Waals surface area contributed by atoms with Crippen molar-refractivity contribution in [3.8, 4) is 0 Å². The molecule has 0 aliphatic carbocycles. The number of hydrogen-bond acceptors (Lipinski definition) is 7. The Balaban J connectivity index is 1.50. The van der Waals surface area contributed by atoms with E-state index >= 15 is 0 Å². The molecule has 146 valence electrons. The van der Waals surface area contributed by atoms with Crippen molar-refractivity contribution < 1.29 is 18.7 Å². The molecule has 0 radical (unpaired) electrons. The van der Waals surface area contributed by atoms with E-state index in [0.29, 0.717) is 30.1 Å². The van der Waals surface area contributed by atoms with E-state index in [-0.39, 0.29) is 29.7 Å². The summed E-state index contributed by atoms with van der Waals surface area (Å²) in [6.45, 7) is 2.53. The van der Waals surface area contributed by atoms with Crippen molar-refractivity contribution in [3.05, 3.63) is 63.6 Å². The smallest absolute Gasteiger partial charge is 0.357 e. The molecular weight excluding hydrogens is 385 g/mol. The third kappa shape index (κ3) is 4.97. The minimum atomic E-state index is -0.458. The lowest BCUT2D eigenvalue weighted by molar-refractivity contribution is 0.0520. The second kappa shape index (κ2) is 9.18. The van der Waals surface area contributed by atoms with Crippen LogP contribution in [0.3, 0.4) is 0 Å². The quantitative estimate of drug-likeness (QED) is 0.578. The van der Waals surface area contributed by atoms with E-state index in [1.54, 1.807) is 30.5 Å². The van der Waals surface area contributed by atoms with Crippen LogP contribution in [0.2, 0.25) is 0 Å². The molecule has 0 aliphatic heterocycles. The van der Waals surface area contributed by atoms with Gasteiger partial charge >= 0.3 is 5.97 Å². The lowest BCUT2D eigenvalue weighted by atomic mass is 10.2. The zero-order valence-corrected chi connectivity index (χ0v) is 15.9. The Bertz CT molecular complexity index is 972. The van der Waals surface area contributed by atoms with Gasteiger partial charge in [-0.3, -0.25) is 4.79 Å². The van der Waals surface area contributed by atoms with Crippen molar-refractivity contribution in [2.75, 3.05) is 13.2 Å². The number of esters is 1. The number of benzene rings is 1. The van der Waals surface area contributed by atoms with Crippen molar-refractivity contribution in [2.24, 2.45) is 0 Å². The molecule has 0 saturated carbocycles. The molecule has 28 heavy (non-hydrogen) atoms. The molecular formula is C18H18FN5O3S. The Labute approximate surface area is 164 Å². The van der Waals surface area contributed by atoms with E-state index < -0.39 is 5.97 Å². The van der Waals surface area contributed by atoms with Crippen LogP contribution in [-0.2, 0) is 17.7 Å². The predicted octanol–water partition coefficient (Wildman–Crippen LogP) is 2.07. The maximum absolute atomic E-state index is 13.7. The van der Waals surface area contributed by atoms with Crippen LogP contribution < -0.4 is 5.32 Å². The van der Waals surface area contributed by atoms with Crippen molar-refractivity contribution in [2.45, 2.75) is 19.9 Å². The molecule has 0 unspecified atom stereocenters. The van der Waals surface area contributed by atoms with Crippen molar-refractivity contribution in [1.29, 1.82) is 0 Å². The highest BCUT2D eigenvalue weighted by Crippen LogP contribution is 2.11. The summed E-state index contributed by atoms with van der Waals surface area (Å²) in [5.41, 5.74) is 0.868. The zero-order chi connectivity index (χ0) is 19.9. The molecule has 3 aromatic rings. The number of ether oxygens (including phenoxy) is 1. The van der Waals surface area contributed by atoms with Crippen LogP contribution in [0, 0.1) is 5.82 Å². The van der Waals surface area contributed by atoms with Gasteiger partial charge in [-0.1, -0.05) is 23.4 Å². The zero-order valence-electron chi connectivity index (χ0n) is 15.1. The molecule has 1 amide bonds. The van der Waals surface area contributed by atoms with E-state index in [1.807, 2.05) is 0 Å². The number of hydrogen-bond donors (Lipinski definition) is 1. The van der Waals surface area contributed by atoms with Gasteiger partial charge in [0.1, 0.15) is 5.82 Å². The molecule has 1 N–H and O–H groups in total. The van der Waals surface area contributed by atoms with Crippen LogP contribution in [0.4, 0.5) is 4.39 Å². The van der Waals surface area contributed by atoms with Gasteiger partial charge in [0.15, 0.2) is 11.4 Å². The lowest BCUT2D eigenvalue weighted by Gasteiger charge is -2.02. The second-order valence-electron chi connectivity index (χ2n) is 5.75. The average molecular weight is 403 g/mol. The second-order valence-corrected chi connectivity index (χ2v) is 6.69. The number of thiazole rings is 1. The normalized spacial score (nSPS) is 10.6. The molecule has 10 heteroatoms. The van der Waals surface area contributed by atoms with Crippen molar-refractivity contribution >= 4 is 23.2 Å². The summed E-state index contributed by atoms with van der Waals surface area (Å²) >= 11 is 1.33. The molecule has 0 atom stereocenters. The first-order chi connectivity index (χ1) is 13.6. The van der Waals surface area contributed by atoms with E-state index in [2.05, 4.69) is 20.6 Å². The fraction of sp³-hybridized carbons (Fsp3) is 0.278. The maximum atomic E-state index is 13.7. The fourth-order valence-electron chi connectivity index (χ4n) is 2.38. The summed E-state index contributed by atoms with van der Waals surface area (Å²) in [6, 6.07) is 6.35. The van der Waals surface area contributed by atoms with Gasteiger partial charge in [0.25, 0.3) is 5.91 Å². The molecule has 8 nitrogen and oxygen atoms in total. The van der Waals surface area contributed by atoms with Crippen LogP contribution in [0.15, 0.2) is 35.8 Å². The third-order valence-electron chi connectivity index (χ3n) is 3.72. The van der Waals surface area contributed by atoms with E-state index in [4.69, 9.17) is 4.74 Å². The highest BCUT2D eigenvalue weighted by atomic mass is 32.1. The Morgan fingerprint density at radius 3 is 2.89 bits per heavy atom. The summed E-state index contributed by atoms with van der Waals surface area (Å²) in [6.07, 6.45) is 1.93. The van der Waals surface area contributed by atoms with Gasteiger partial charge in [0.05, 0.1) is 24.4 Å². The van der Waals surface area contributed by atoms with Crippen LogP contribution in [0.1, 0.15) is 38.5 Å². The number of halogens is 1. The summed E-state index contributed by atoms with van der Waals surface area (Å²) in [5.74, 6) is -1.18. The van der Waals surface area contributed by atoms with E-state index in [1.165, 1.54) is 28.3 Å². The number of rotatable bonds is 8. The Morgan fingerprint density at radius 2 is 2.11 bits per heavy atom. The van der Waals surface area contributed by atoms with Crippen molar-refractivity contribution in [1.82, 2.24) is 25.3 Å². The van der Waals surface area contributed by atoms with Gasteiger partial charge in [-0.2, -0.15) is 0 Å². The summed E-state index contributed by atoms with van der Waals surface area (Å²) in [4.78, 5) is 27.9. The molecule has 1 aromatic carbocycles. The van der Waals surface area contributed by atoms with Gasteiger partial charge < -0.3 is 10.1 Å².